The van der Waals surface area contributed by atoms with E-state index in [1.54, 1.807) is 13.8 Å². The van der Waals surface area contributed by atoms with Crippen LogP contribution < -0.4 is 0 Å². The largest absolute Gasteiger partial charge is 0.481 e. The van der Waals surface area contributed by atoms with Crippen LogP contribution in [-0.4, -0.2) is 85.3 Å². The number of carboxylic acids is 1. The van der Waals surface area contributed by atoms with Crippen LogP contribution in [0.5, 0.6) is 0 Å². The van der Waals surface area contributed by atoms with Crippen molar-refractivity contribution in [2.75, 3.05) is 0 Å². The van der Waals surface area contributed by atoms with Crippen molar-refractivity contribution in [3.05, 3.63) is 11.1 Å². The summed E-state index contributed by atoms with van der Waals surface area (Å²) in [4.78, 5) is 36.9. The molecule has 0 aromatic heterocycles. The van der Waals surface area contributed by atoms with Gasteiger partial charge in [-0.3, -0.25) is 14.4 Å². The number of aliphatic carboxylic acids is 1. The molecular weight excluding hydrogens is 632 g/mol. The second kappa shape index (κ2) is 12.6. The van der Waals surface area contributed by atoms with Gasteiger partial charge in [0.05, 0.1) is 36.3 Å². The highest BCUT2D eigenvalue weighted by Crippen LogP contribution is 2.73. The summed E-state index contributed by atoms with van der Waals surface area (Å²) in [6, 6.07) is 0. The predicted octanol–water partition coefficient (Wildman–Crippen LogP) is 4.66. The number of rotatable bonds is 8. The molecule has 5 rings (SSSR count). The highest BCUT2D eigenvalue weighted by Gasteiger charge is 2.68. The van der Waals surface area contributed by atoms with Gasteiger partial charge < -0.3 is 39.7 Å². The van der Waals surface area contributed by atoms with Gasteiger partial charge in [-0.2, -0.15) is 0 Å². The first-order chi connectivity index (χ1) is 22.4. The lowest BCUT2D eigenvalue weighted by Gasteiger charge is -2.64. The Morgan fingerprint density at radius 1 is 0.918 bits per heavy atom. The minimum absolute atomic E-state index is 0.00766. The molecule has 0 amide bonds. The first-order valence-corrected chi connectivity index (χ1v) is 18.2. The Labute approximate surface area is 290 Å². The zero-order valence-electron chi connectivity index (χ0n) is 30.9. The zero-order chi connectivity index (χ0) is 36.7. The van der Waals surface area contributed by atoms with Gasteiger partial charge in [-0.15, -0.1) is 0 Å². The van der Waals surface area contributed by atoms with E-state index in [1.165, 1.54) is 25.0 Å². The van der Waals surface area contributed by atoms with Crippen molar-refractivity contribution in [3.63, 3.8) is 0 Å². The van der Waals surface area contributed by atoms with Crippen LogP contribution in [0.1, 0.15) is 127 Å². The summed E-state index contributed by atoms with van der Waals surface area (Å²) in [6.45, 7) is 16.7. The molecule has 4 aliphatic carbocycles. The number of allylic oxidation sites excluding steroid dienone is 1. The molecule has 1 saturated heterocycles. The van der Waals surface area contributed by atoms with Crippen LogP contribution in [0.3, 0.4) is 0 Å². The maximum atomic E-state index is 13.3. The Morgan fingerprint density at radius 3 is 2.14 bits per heavy atom. The Balaban J connectivity index is 1.49. The summed E-state index contributed by atoms with van der Waals surface area (Å²) >= 11 is 0. The number of aliphatic hydroxyl groups is 4. The van der Waals surface area contributed by atoms with Gasteiger partial charge in [0.15, 0.2) is 6.29 Å². The summed E-state index contributed by atoms with van der Waals surface area (Å²) in [5.41, 5.74) is -2.40. The highest BCUT2D eigenvalue weighted by atomic mass is 16.6. The van der Waals surface area contributed by atoms with Crippen LogP contribution in [0.15, 0.2) is 11.1 Å². The van der Waals surface area contributed by atoms with Gasteiger partial charge in [-0.1, -0.05) is 45.8 Å². The topological polar surface area (TPSA) is 180 Å². The van der Waals surface area contributed by atoms with E-state index in [4.69, 9.17) is 14.2 Å². The molecule has 49 heavy (non-hydrogen) atoms. The number of aliphatic hydroxyl groups excluding tert-OH is 2. The number of ether oxygens (including phenoxy) is 3. The van der Waals surface area contributed by atoms with Crippen LogP contribution in [0.2, 0.25) is 0 Å². The summed E-state index contributed by atoms with van der Waals surface area (Å²) in [6.07, 6.45) is 0.462. The van der Waals surface area contributed by atoms with Crippen LogP contribution in [0.25, 0.3) is 0 Å². The molecule has 0 spiro atoms. The quantitative estimate of drug-likeness (QED) is 0.176. The average Bonchev–Trinajstić information content (AvgIpc) is 3.22. The minimum Gasteiger partial charge on any atom is -0.481 e. The molecule has 0 aromatic rings. The van der Waals surface area contributed by atoms with Gasteiger partial charge >= 0.3 is 17.9 Å². The first-order valence-electron chi connectivity index (χ1n) is 18.2. The number of esters is 2. The van der Waals surface area contributed by atoms with Crippen LogP contribution >= 0.6 is 0 Å². The number of carbonyl (C=O) groups excluding carboxylic acids is 2. The second-order valence-corrected chi connectivity index (χ2v) is 18.2. The summed E-state index contributed by atoms with van der Waals surface area (Å²) < 4.78 is 17.9. The van der Waals surface area contributed by atoms with E-state index in [2.05, 4.69) is 20.8 Å². The van der Waals surface area contributed by atoms with Gasteiger partial charge in [-0.05, 0) is 94.8 Å². The standard InChI is InChI=1S/C38H60O11/c1-20(39)47-31-25(48-30(43)19-35(6,46)18-29(41)42)17-36(7)24-16-27(40)38(9)22(21-10-13-28(34(4,5)45)49-32(21)44)14-15-37(38,8)23(24)11-12-26(36)33(31,2)3/h21-22,25-28,31-32,40,44-46H,10-19H2,1-9H3,(H,41,42)/t21-,22-,25-,26+,27+,28-,31+,32-,35?,36-,37+,38+/m1/s1. The van der Waals surface area contributed by atoms with E-state index >= 15 is 0 Å². The number of carbonyl (C=O) groups is 3. The third-order valence-electron chi connectivity index (χ3n) is 14.1. The SMILES string of the molecule is CC(=O)O[C@H]1[C@H](OC(=O)CC(C)(O)CC(=O)O)C[C@]2(C)C3=C(CC[C@H]2C1(C)C)[C@]1(C)CC[C@H]([C@H]2CC[C@H](C(C)(C)O)O[C@H]2O)[C@@]1(C)[C@@H](O)C3. The lowest BCUT2D eigenvalue weighted by atomic mass is 9.42. The molecule has 1 unspecified atom stereocenters. The molecule has 5 N–H and O–H groups in total. The molecular formula is C38H60O11. The summed E-state index contributed by atoms with van der Waals surface area (Å²) in [5, 5.41) is 54.0. The molecule has 1 heterocycles. The minimum atomic E-state index is -1.81. The molecule has 2 saturated carbocycles. The summed E-state index contributed by atoms with van der Waals surface area (Å²) in [5.74, 6) is -2.62. The number of hydrogen-bond donors (Lipinski definition) is 5. The lowest BCUT2D eigenvalue weighted by Crippen LogP contribution is -2.63. The number of fused-ring (bicyclic) bond motifs is 4. The fourth-order valence-electron chi connectivity index (χ4n) is 11.7. The number of carboxylic acid groups (broad SMARTS) is 1. The Bertz CT molecular complexity index is 1360. The highest BCUT2D eigenvalue weighted by molar-refractivity contribution is 5.74. The molecule has 3 fully saturated rings. The van der Waals surface area contributed by atoms with Gasteiger partial charge in [0, 0.05) is 23.7 Å². The fraction of sp³-hybridized carbons (Fsp3) is 0.868. The molecule has 278 valence electrons. The Kier molecular flexibility index (Phi) is 9.79. The van der Waals surface area contributed by atoms with Crippen LogP contribution in [0.4, 0.5) is 0 Å². The van der Waals surface area contributed by atoms with Gasteiger partial charge in [0.2, 0.25) is 0 Å². The van der Waals surface area contributed by atoms with Crippen LogP contribution in [0, 0.1) is 39.4 Å². The van der Waals surface area contributed by atoms with E-state index in [9.17, 15) is 39.9 Å². The van der Waals surface area contributed by atoms with Gasteiger partial charge in [-0.25, -0.2) is 0 Å². The first kappa shape index (κ1) is 38.2. The number of hydrogen-bond acceptors (Lipinski definition) is 10. The van der Waals surface area contributed by atoms with E-state index < -0.39 is 88.9 Å². The zero-order valence-corrected chi connectivity index (χ0v) is 30.9. The maximum Gasteiger partial charge on any atom is 0.309 e. The smallest absolute Gasteiger partial charge is 0.309 e. The van der Waals surface area contributed by atoms with Gasteiger partial charge in [0.25, 0.3) is 0 Å². The molecule has 12 atom stereocenters. The van der Waals surface area contributed by atoms with Crippen molar-refractivity contribution in [2.24, 2.45) is 39.4 Å². The molecule has 11 nitrogen and oxygen atoms in total. The molecule has 11 heteroatoms. The second-order valence-electron chi connectivity index (χ2n) is 18.2. The average molecular weight is 693 g/mol. The van der Waals surface area contributed by atoms with E-state index in [0.717, 1.165) is 25.7 Å². The maximum absolute atomic E-state index is 13.3. The van der Waals surface area contributed by atoms with Gasteiger partial charge in [0.1, 0.15) is 12.2 Å². The third kappa shape index (κ3) is 6.38. The molecule has 5 aliphatic rings. The Hall–Kier alpha value is -2.05. The monoisotopic (exact) mass is 692 g/mol. The molecule has 1 aliphatic heterocycles. The van der Waals surface area contributed by atoms with Crippen molar-refractivity contribution in [1.29, 1.82) is 0 Å². The van der Waals surface area contributed by atoms with Crippen molar-refractivity contribution in [1.82, 2.24) is 0 Å². The van der Waals surface area contributed by atoms with Crippen molar-refractivity contribution in [2.45, 2.75) is 168 Å². The van der Waals surface area contributed by atoms with Crippen molar-refractivity contribution < 1.29 is 54.1 Å². The van der Waals surface area contributed by atoms with Crippen molar-refractivity contribution in [3.8, 4) is 0 Å². The fourth-order valence-corrected chi connectivity index (χ4v) is 11.7. The normalized spacial score (nSPS) is 43.0. The summed E-state index contributed by atoms with van der Waals surface area (Å²) in [7, 11) is 0. The Morgan fingerprint density at radius 2 is 1.57 bits per heavy atom. The van der Waals surface area contributed by atoms with E-state index in [1.807, 2.05) is 13.8 Å². The van der Waals surface area contributed by atoms with E-state index in [0.29, 0.717) is 25.7 Å². The van der Waals surface area contributed by atoms with E-state index in [-0.39, 0.29) is 23.2 Å². The molecule has 0 aromatic carbocycles. The lowest BCUT2D eigenvalue weighted by molar-refractivity contribution is -0.251. The molecule has 0 bridgehead atoms. The van der Waals surface area contributed by atoms with Crippen LogP contribution in [-0.2, 0) is 28.6 Å². The molecule has 0 radical (unpaired) electrons. The predicted molar refractivity (Wildman–Crippen MR) is 179 cm³/mol. The third-order valence-corrected chi connectivity index (χ3v) is 14.1. The van der Waals surface area contributed by atoms with Crippen molar-refractivity contribution >= 4 is 17.9 Å².